The van der Waals surface area contributed by atoms with Gasteiger partial charge in [-0.25, -0.2) is 8.42 Å². The zero-order valence-electron chi connectivity index (χ0n) is 14.9. The van der Waals surface area contributed by atoms with E-state index in [0.717, 1.165) is 50.0 Å². The predicted octanol–water partition coefficient (Wildman–Crippen LogP) is 1.11. The van der Waals surface area contributed by atoms with Gasteiger partial charge >= 0.3 is 0 Å². The Labute approximate surface area is 159 Å². The third-order valence-corrected chi connectivity index (χ3v) is 8.15. The maximum absolute atomic E-state index is 12.7. The lowest BCUT2D eigenvalue weighted by molar-refractivity contribution is 0.0849. The molecule has 2 aliphatic heterocycles. The van der Waals surface area contributed by atoms with Crippen molar-refractivity contribution in [1.29, 1.82) is 0 Å². The van der Waals surface area contributed by atoms with Gasteiger partial charge in [0.25, 0.3) is 5.91 Å². The first kappa shape index (κ1) is 19.8. The summed E-state index contributed by atoms with van der Waals surface area (Å²) in [6.45, 7) is 3.21. The van der Waals surface area contributed by atoms with Crippen LogP contribution in [-0.4, -0.2) is 74.0 Å². The quantitative estimate of drug-likeness (QED) is 0.714. The number of likely N-dealkylation sites (tertiary alicyclic amines) is 1. The molecule has 0 bridgehead atoms. The van der Waals surface area contributed by atoms with Crippen LogP contribution >= 0.6 is 11.3 Å². The summed E-state index contributed by atoms with van der Waals surface area (Å²) in [5, 5.41) is 14.0. The maximum atomic E-state index is 12.7. The molecule has 2 saturated heterocycles. The van der Waals surface area contributed by atoms with Crippen LogP contribution in [0.5, 0.6) is 0 Å². The first-order valence-electron chi connectivity index (χ1n) is 9.25. The number of thiophene rings is 1. The van der Waals surface area contributed by atoms with Crippen LogP contribution < -0.4 is 5.32 Å². The molecule has 0 spiro atoms. The van der Waals surface area contributed by atoms with Crippen LogP contribution in [0.15, 0.2) is 16.3 Å². The van der Waals surface area contributed by atoms with Crippen molar-refractivity contribution in [3.63, 3.8) is 0 Å². The third-order valence-electron chi connectivity index (χ3n) is 5.16. The third kappa shape index (κ3) is 4.28. The van der Waals surface area contributed by atoms with E-state index < -0.39 is 10.0 Å². The minimum atomic E-state index is -3.59. The van der Waals surface area contributed by atoms with Crippen molar-refractivity contribution in [2.45, 2.75) is 43.0 Å². The first-order valence-corrected chi connectivity index (χ1v) is 11.6. The Kier molecular flexibility index (Phi) is 6.68. The molecule has 2 N–H and O–H groups in total. The van der Waals surface area contributed by atoms with E-state index in [1.807, 2.05) is 0 Å². The molecule has 2 fully saturated rings. The van der Waals surface area contributed by atoms with Crippen LogP contribution in [0.2, 0.25) is 0 Å². The van der Waals surface area contributed by atoms with Gasteiger partial charge in [0, 0.05) is 32.2 Å². The number of rotatable bonds is 7. The highest BCUT2D eigenvalue weighted by Crippen LogP contribution is 2.27. The minimum absolute atomic E-state index is 0.119. The molecule has 1 aromatic heterocycles. The fourth-order valence-electron chi connectivity index (χ4n) is 3.69. The van der Waals surface area contributed by atoms with E-state index in [0.29, 0.717) is 26.2 Å². The number of piperidine rings is 1. The standard InChI is InChI=1S/C17H27N3O4S2/c21-13-14-5-1-2-8-19(14)11-7-18-17(22)16-15(6-12-25-16)26(23,24)20-9-3-4-10-20/h6,12,14,21H,1-5,7-11,13H2,(H,18,22)/t14-/m1/s1. The fraction of sp³-hybridized carbons (Fsp3) is 0.706. The van der Waals surface area contributed by atoms with E-state index in [1.165, 1.54) is 10.4 Å². The molecular formula is C17H27N3O4S2. The number of aliphatic hydroxyl groups excluding tert-OH is 1. The number of hydrogen-bond acceptors (Lipinski definition) is 6. The highest BCUT2D eigenvalue weighted by molar-refractivity contribution is 7.89. The van der Waals surface area contributed by atoms with Crippen molar-refractivity contribution in [1.82, 2.24) is 14.5 Å². The smallest absolute Gasteiger partial charge is 0.262 e. The molecule has 7 nitrogen and oxygen atoms in total. The molecule has 0 saturated carbocycles. The Morgan fingerprint density at radius 3 is 2.69 bits per heavy atom. The van der Waals surface area contributed by atoms with Crippen molar-refractivity contribution in [3.8, 4) is 0 Å². The van der Waals surface area contributed by atoms with Crippen LogP contribution in [0.4, 0.5) is 0 Å². The molecule has 1 aromatic rings. The molecule has 0 aliphatic carbocycles. The van der Waals surface area contributed by atoms with Crippen molar-refractivity contribution >= 4 is 27.3 Å². The number of sulfonamides is 1. The lowest BCUT2D eigenvalue weighted by Gasteiger charge is -2.34. The summed E-state index contributed by atoms with van der Waals surface area (Å²) in [6.07, 6.45) is 4.95. The van der Waals surface area contributed by atoms with Crippen LogP contribution in [0.3, 0.4) is 0 Å². The van der Waals surface area contributed by atoms with Gasteiger partial charge in [-0.1, -0.05) is 6.42 Å². The topological polar surface area (TPSA) is 90.0 Å². The van der Waals surface area contributed by atoms with Crippen LogP contribution in [0.25, 0.3) is 0 Å². The van der Waals surface area contributed by atoms with Crippen LogP contribution in [-0.2, 0) is 10.0 Å². The van der Waals surface area contributed by atoms with Gasteiger partial charge in [-0.2, -0.15) is 4.31 Å². The molecule has 0 aromatic carbocycles. The fourth-order valence-corrected chi connectivity index (χ4v) is 6.52. The number of carbonyl (C=O) groups is 1. The van der Waals surface area contributed by atoms with Crippen molar-refractivity contribution in [2.75, 3.05) is 39.3 Å². The molecule has 26 heavy (non-hydrogen) atoms. The van der Waals surface area contributed by atoms with Gasteiger partial charge in [0.05, 0.1) is 6.61 Å². The molecule has 0 radical (unpaired) electrons. The highest BCUT2D eigenvalue weighted by Gasteiger charge is 2.31. The summed E-state index contributed by atoms with van der Waals surface area (Å²) in [5.41, 5.74) is 0. The molecule has 0 unspecified atom stereocenters. The second-order valence-electron chi connectivity index (χ2n) is 6.85. The average Bonchev–Trinajstić information content (AvgIpc) is 3.34. The van der Waals surface area contributed by atoms with Gasteiger partial charge in [0.1, 0.15) is 9.77 Å². The van der Waals surface area contributed by atoms with E-state index in [1.54, 1.807) is 5.38 Å². The molecule has 3 rings (SSSR count). The summed E-state index contributed by atoms with van der Waals surface area (Å²) in [7, 11) is -3.59. The van der Waals surface area contributed by atoms with E-state index in [4.69, 9.17) is 0 Å². The van der Waals surface area contributed by atoms with Crippen LogP contribution in [0, 0.1) is 0 Å². The van der Waals surface area contributed by atoms with Crippen molar-refractivity contribution in [3.05, 3.63) is 16.3 Å². The van der Waals surface area contributed by atoms with Crippen molar-refractivity contribution < 1.29 is 18.3 Å². The zero-order chi connectivity index (χ0) is 18.6. The summed E-state index contributed by atoms with van der Waals surface area (Å²) < 4.78 is 26.9. The summed E-state index contributed by atoms with van der Waals surface area (Å²) in [4.78, 5) is 15.1. The number of hydrogen-bond donors (Lipinski definition) is 2. The van der Waals surface area contributed by atoms with E-state index >= 15 is 0 Å². The van der Waals surface area contributed by atoms with Gasteiger partial charge in [0.15, 0.2) is 0 Å². The molecule has 1 atom stereocenters. The van der Waals surface area contributed by atoms with Gasteiger partial charge in [-0.15, -0.1) is 11.3 Å². The first-order chi connectivity index (χ1) is 12.5. The molecule has 9 heteroatoms. The SMILES string of the molecule is O=C(NCCN1CCCC[C@@H]1CO)c1sccc1S(=O)(=O)N1CCCC1. The normalized spacial score (nSPS) is 22.6. The average molecular weight is 402 g/mol. The highest BCUT2D eigenvalue weighted by atomic mass is 32.2. The van der Waals surface area contributed by atoms with E-state index in [9.17, 15) is 18.3 Å². The number of amides is 1. The Bertz CT molecular complexity index is 713. The predicted molar refractivity (Wildman–Crippen MR) is 101 cm³/mol. The molecule has 3 heterocycles. The number of aliphatic hydroxyl groups is 1. The minimum Gasteiger partial charge on any atom is -0.395 e. The zero-order valence-corrected chi connectivity index (χ0v) is 16.5. The van der Waals surface area contributed by atoms with Gasteiger partial charge in [-0.3, -0.25) is 9.69 Å². The molecular weight excluding hydrogens is 374 g/mol. The lowest BCUT2D eigenvalue weighted by atomic mass is 10.0. The van der Waals surface area contributed by atoms with Crippen molar-refractivity contribution in [2.24, 2.45) is 0 Å². The van der Waals surface area contributed by atoms with E-state index in [2.05, 4.69) is 10.2 Å². The maximum Gasteiger partial charge on any atom is 0.262 e. The van der Waals surface area contributed by atoms with Gasteiger partial charge in [0.2, 0.25) is 10.0 Å². The van der Waals surface area contributed by atoms with Crippen LogP contribution in [0.1, 0.15) is 41.8 Å². The Balaban J connectivity index is 1.60. The van der Waals surface area contributed by atoms with Gasteiger partial charge < -0.3 is 10.4 Å². The second-order valence-corrected chi connectivity index (χ2v) is 9.67. The Morgan fingerprint density at radius 1 is 1.23 bits per heavy atom. The largest absolute Gasteiger partial charge is 0.395 e. The Morgan fingerprint density at radius 2 is 1.96 bits per heavy atom. The monoisotopic (exact) mass is 401 g/mol. The van der Waals surface area contributed by atoms with E-state index in [-0.39, 0.29) is 28.3 Å². The number of nitrogens with one attached hydrogen (secondary N) is 1. The summed E-state index contributed by atoms with van der Waals surface area (Å²) >= 11 is 1.16. The lowest BCUT2D eigenvalue weighted by Crippen LogP contribution is -2.45. The summed E-state index contributed by atoms with van der Waals surface area (Å²) in [5.74, 6) is -0.338. The number of carbonyl (C=O) groups excluding carboxylic acids is 1. The molecule has 2 aliphatic rings. The Hall–Kier alpha value is -1.00. The molecule has 146 valence electrons. The summed E-state index contributed by atoms with van der Waals surface area (Å²) in [6, 6.07) is 1.69. The molecule has 1 amide bonds. The number of nitrogens with zero attached hydrogens (tertiary/aromatic N) is 2. The second kappa shape index (κ2) is 8.79. The van der Waals surface area contributed by atoms with Gasteiger partial charge in [-0.05, 0) is 43.7 Å².